The molecule has 5 aromatic rings. The summed E-state index contributed by atoms with van der Waals surface area (Å²) in [6.45, 7) is 0. The number of rotatable bonds is 8. The maximum Gasteiger partial charge on any atom is 0.318 e. The van der Waals surface area contributed by atoms with Gasteiger partial charge in [0, 0.05) is 17.2 Å². The van der Waals surface area contributed by atoms with E-state index in [0.717, 1.165) is 41.0 Å². The van der Waals surface area contributed by atoms with E-state index in [-0.39, 0.29) is 17.1 Å². The Bertz CT molecular complexity index is 2360. The third-order valence-corrected chi connectivity index (χ3v) is 9.35. The third-order valence-electron chi connectivity index (χ3n) is 8.37. The second kappa shape index (κ2) is 12.3. The predicted octanol–water partition coefficient (Wildman–Crippen LogP) is 5.94. The molecular weight excluding hydrogens is 636 g/mol. The molecular formula is C35H26N4O8S. The van der Waals surface area contributed by atoms with Crippen LogP contribution in [-0.2, 0) is 6.42 Å². The molecule has 0 fully saturated rings. The number of allylic oxidation sites excluding steroid dienone is 1. The molecule has 1 aliphatic heterocycles. The molecule has 4 aromatic carbocycles. The van der Waals surface area contributed by atoms with Crippen molar-refractivity contribution in [1.82, 2.24) is 4.57 Å². The molecule has 0 saturated carbocycles. The number of benzene rings is 4. The van der Waals surface area contributed by atoms with Gasteiger partial charge in [0.2, 0.25) is 5.75 Å². The number of hydrogen-bond acceptors (Lipinski definition) is 10. The number of nitrogens with zero attached hydrogens (tertiary/aromatic N) is 4. The molecule has 0 spiro atoms. The molecule has 2 heterocycles. The van der Waals surface area contributed by atoms with Gasteiger partial charge in [0.25, 0.3) is 11.2 Å². The van der Waals surface area contributed by atoms with E-state index in [1.54, 1.807) is 49.1 Å². The maximum atomic E-state index is 14.3. The lowest BCUT2D eigenvalue weighted by atomic mass is 9.83. The van der Waals surface area contributed by atoms with Crippen molar-refractivity contribution in [3.8, 4) is 23.0 Å². The summed E-state index contributed by atoms with van der Waals surface area (Å²) in [5, 5.41) is 23.0. The summed E-state index contributed by atoms with van der Waals surface area (Å²) in [6.07, 6.45) is 3.18. The zero-order valence-corrected chi connectivity index (χ0v) is 26.4. The van der Waals surface area contributed by atoms with E-state index in [0.29, 0.717) is 32.8 Å². The summed E-state index contributed by atoms with van der Waals surface area (Å²) in [6, 6.07) is 23.3. The van der Waals surface area contributed by atoms with Crippen LogP contribution in [-0.4, -0.2) is 28.6 Å². The first-order chi connectivity index (χ1) is 23.3. The van der Waals surface area contributed by atoms with E-state index in [2.05, 4.69) is 12.1 Å². The van der Waals surface area contributed by atoms with E-state index >= 15 is 0 Å². The Kier molecular flexibility index (Phi) is 7.81. The molecule has 1 aromatic heterocycles. The molecule has 240 valence electrons. The Balaban J connectivity index is 1.39. The molecule has 1 aliphatic carbocycles. The topological polar surface area (TPSA) is 148 Å². The highest BCUT2D eigenvalue weighted by molar-refractivity contribution is 7.07. The first kappa shape index (κ1) is 30.6. The van der Waals surface area contributed by atoms with Gasteiger partial charge in [-0.15, -0.1) is 0 Å². The van der Waals surface area contributed by atoms with Crippen molar-refractivity contribution >= 4 is 34.5 Å². The number of aryl methyl sites for hydroxylation is 1. The largest absolute Gasteiger partial charge is 0.493 e. The summed E-state index contributed by atoms with van der Waals surface area (Å²) in [5.41, 5.74) is 4.16. The van der Waals surface area contributed by atoms with Crippen molar-refractivity contribution in [2.45, 2.75) is 18.9 Å². The zero-order chi connectivity index (χ0) is 33.5. The molecule has 7 rings (SSSR count). The number of para-hydroxylation sites is 1. The van der Waals surface area contributed by atoms with Crippen molar-refractivity contribution in [3.63, 3.8) is 0 Å². The normalized spacial score (nSPS) is 15.1. The number of thiazole rings is 1. The van der Waals surface area contributed by atoms with Gasteiger partial charge in [0.1, 0.15) is 5.75 Å². The summed E-state index contributed by atoms with van der Waals surface area (Å²) in [5.74, 6) is 1.17. The molecule has 0 bridgehead atoms. The van der Waals surface area contributed by atoms with E-state index in [4.69, 9.17) is 19.2 Å². The number of non-ortho nitro benzene ring substituents is 1. The van der Waals surface area contributed by atoms with Gasteiger partial charge in [-0.3, -0.25) is 29.6 Å². The number of ether oxygens (including phenoxy) is 3. The Morgan fingerprint density at radius 2 is 1.60 bits per heavy atom. The van der Waals surface area contributed by atoms with Gasteiger partial charge >= 0.3 is 5.69 Å². The number of fused-ring (bicyclic) bond motifs is 3. The second-order valence-corrected chi connectivity index (χ2v) is 12.0. The predicted molar refractivity (Wildman–Crippen MR) is 179 cm³/mol. The maximum absolute atomic E-state index is 14.3. The van der Waals surface area contributed by atoms with Crippen molar-refractivity contribution in [2.75, 3.05) is 14.2 Å². The summed E-state index contributed by atoms with van der Waals surface area (Å²) in [4.78, 5) is 41.4. The van der Waals surface area contributed by atoms with Gasteiger partial charge < -0.3 is 14.2 Å². The van der Waals surface area contributed by atoms with Crippen molar-refractivity contribution in [1.29, 1.82) is 0 Å². The molecule has 12 nitrogen and oxygen atoms in total. The van der Waals surface area contributed by atoms with Gasteiger partial charge in [-0.05, 0) is 59.9 Å². The van der Waals surface area contributed by atoms with Crippen LogP contribution in [0.1, 0.15) is 34.7 Å². The van der Waals surface area contributed by atoms with Gasteiger partial charge in [-0.2, -0.15) is 0 Å². The SMILES string of the molecule is COc1ccc([C@H]2C3=C(N=c4s/c(=C\c5ccccc5Oc5ccc([N+](=O)[O-])cc5[N+](=O)[O-])c(=O)n42)c2ccccc2CC3)cc1OC. The monoisotopic (exact) mass is 662 g/mol. The average molecular weight is 663 g/mol. The second-order valence-electron chi connectivity index (χ2n) is 11.0. The number of nitro groups is 2. The highest BCUT2D eigenvalue weighted by Crippen LogP contribution is 2.43. The van der Waals surface area contributed by atoms with Crippen LogP contribution >= 0.6 is 11.3 Å². The minimum atomic E-state index is -0.739. The lowest BCUT2D eigenvalue weighted by molar-refractivity contribution is -0.394. The fourth-order valence-corrected chi connectivity index (χ4v) is 7.14. The van der Waals surface area contributed by atoms with Gasteiger partial charge in [0.15, 0.2) is 16.3 Å². The Morgan fingerprint density at radius 3 is 2.38 bits per heavy atom. The van der Waals surface area contributed by atoms with Crippen LogP contribution < -0.4 is 29.1 Å². The lowest BCUT2D eigenvalue weighted by Crippen LogP contribution is -2.38. The van der Waals surface area contributed by atoms with Crippen molar-refractivity contribution in [3.05, 3.63) is 153 Å². The van der Waals surface area contributed by atoms with Gasteiger partial charge in [-0.1, -0.05) is 59.9 Å². The minimum absolute atomic E-state index is 0.173. The summed E-state index contributed by atoms with van der Waals surface area (Å²) in [7, 11) is 3.14. The molecule has 0 unspecified atom stereocenters. The summed E-state index contributed by atoms with van der Waals surface area (Å²) < 4.78 is 19.1. The number of hydrogen-bond donors (Lipinski definition) is 0. The minimum Gasteiger partial charge on any atom is -0.493 e. The van der Waals surface area contributed by atoms with E-state index < -0.39 is 27.3 Å². The molecule has 48 heavy (non-hydrogen) atoms. The van der Waals surface area contributed by atoms with Crippen LogP contribution in [0, 0.1) is 20.2 Å². The number of aromatic nitrogens is 1. The Hall–Kier alpha value is -6.08. The summed E-state index contributed by atoms with van der Waals surface area (Å²) >= 11 is 1.23. The van der Waals surface area contributed by atoms with Crippen LogP contribution in [0.15, 0.2) is 100 Å². The van der Waals surface area contributed by atoms with E-state index in [9.17, 15) is 25.0 Å². The molecule has 0 amide bonds. The molecule has 1 atom stereocenters. The quantitative estimate of drug-likeness (QED) is 0.146. The third kappa shape index (κ3) is 5.29. The van der Waals surface area contributed by atoms with E-state index in [1.165, 1.54) is 23.0 Å². The Morgan fingerprint density at radius 1 is 0.854 bits per heavy atom. The highest BCUT2D eigenvalue weighted by Gasteiger charge is 2.33. The Labute approximate surface area is 276 Å². The molecule has 0 saturated heterocycles. The molecule has 0 N–H and O–H groups in total. The molecule has 0 radical (unpaired) electrons. The average Bonchev–Trinajstić information content (AvgIpc) is 3.41. The standard InChI is InChI=1S/C35H26N4O8S/c1-45-29-15-12-22(17-30(29)46-2)33-25-14-11-20-7-3-5-9-24(20)32(25)36-35-37(33)34(40)31(48-35)18-21-8-4-6-10-27(21)47-28-16-13-23(38(41)42)19-26(28)39(43)44/h3-10,12-13,15-19,33H,11,14H2,1-2H3/b31-18-/t33-/m0/s1. The number of nitro benzene ring substituents is 2. The van der Waals surface area contributed by atoms with Crippen LogP contribution in [0.4, 0.5) is 11.4 Å². The molecule has 2 aliphatic rings. The van der Waals surface area contributed by atoms with Crippen LogP contribution in [0.2, 0.25) is 0 Å². The zero-order valence-electron chi connectivity index (χ0n) is 25.6. The molecule has 13 heteroatoms. The number of methoxy groups -OCH3 is 2. The lowest BCUT2D eigenvalue weighted by Gasteiger charge is -2.31. The first-order valence-electron chi connectivity index (χ1n) is 14.8. The van der Waals surface area contributed by atoms with Crippen LogP contribution in [0.5, 0.6) is 23.0 Å². The van der Waals surface area contributed by atoms with Crippen molar-refractivity contribution in [2.24, 2.45) is 4.99 Å². The fraction of sp³-hybridized carbons (Fsp3) is 0.143. The van der Waals surface area contributed by atoms with Gasteiger partial charge in [0.05, 0.1) is 46.4 Å². The van der Waals surface area contributed by atoms with Crippen LogP contribution in [0.25, 0.3) is 11.8 Å². The smallest absolute Gasteiger partial charge is 0.318 e. The first-order valence-corrected chi connectivity index (χ1v) is 15.6. The van der Waals surface area contributed by atoms with Gasteiger partial charge in [-0.25, -0.2) is 4.99 Å². The fourth-order valence-electron chi connectivity index (χ4n) is 6.15. The van der Waals surface area contributed by atoms with Crippen molar-refractivity contribution < 1.29 is 24.1 Å². The highest BCUT2D eigenvalue weighted by atomic mass is 32.1. The van der Waals surface area contributed by atoms with Crippen LogP contribution in [0.3, 0.4) is 0 Å². The van der Waals surface area contributed by atoms with E-state index in [1.807, 2.05) is 30.3 Å².